The molecule has 0 radical (unpaired) electrons. The molecule has 0 unspecified atom stereocenters. The molecule has 12 heteroatoms. The topological polar surface area (TPSA) is 111 Å². The minimum absolute atomic E-state index is 0. The van der Waals surface area contributed by atoms with Gasteiger partial charge in [-0.1, -0.05) is 17.4 Å². The van der Waals surface area contributed by atoms with Gasteiger partial charge in [-0.15, -0.1) is 12.4 Å². The predicted molar refractivity (Wildman–Crippen MR) is 127 cm³/mol. The van der Waals surface area contributed by atoms with Gasteiger partial charge in [-0.2, -0.15) is 0 Å². The quantitative estimate of drug-likeness (QED) is 0.323. The molecule has 1 fully saturated rings. The monoisotopic (exact) mass is 496 g/mol. The van der Waals surface area contributed by atoms with Gasteiger partial charge >= 0.3 is 5.88 Å². The van der Waals surface area contributed by atoms with E-state index >= 15 is 0 Å². The maximum absolute atomic E-state index is 13.3. The summed E-state index contributed by atoms with van der Waals surface area (Å²) in [6.07, 6.45) is 0.711. The number of rotatable bonds is 9. The second-order valence-electron chi connectivity index (χ2n) is 7.19. The number of anilines is 1. The minimum Gasteiger partial charge on any atom is -0.492 e. The SMILES string of the molecule is CCOc1cccc2sc(N(CCCN3CCOCC3)C(=O)c3ccc([N+](=O)[O-])o3)nc12.Cl. The zero-order chi connectivity index (χ0) is 22.5. The van der Waals surface area contributed by atoms with E-state index in [2.05, 4.69) is 9.88 Å². The first kappa shape index (κ1) is 24.9. The fourth-order valence-electron chi connectivity index (χ4n) is 3.53. The van der Waals surface area contributed by atoms with Crippen molar-refractivity contribution in [3.8, 4) is 5.75 Å². The molecule has 1 aromatic carbocycles. The van der Waals surface area contributed by atoms with Crippen LogP contribution in [0.25, 0.3) is 10.2 Å². The Balaban J connectivity index is 0.00000306. The molecule has 0 spiro atoms. The number of amides is 1. The summed E-state index contributed by atoms with van der Waals surface area (Å²) in [5.41, 5.74) is 0.686. The summed E-state index contributed by atoms with van der Waals surface area (Å²) in [5, 5.41) is 11.5. The van der Waals surface area contributed by atoms with Crippen molar-refractivity contribution in [2.75, 3.05) is 50.9 Å². The van der Waals surface area contributed by atoms with Crippen LogP contribution in [0.3, 0.4) is 0 Å². The maximum Gasteiger partial charge on any atom is 0.433 e. The number of fused-ring (bicyclic) bond motifs is 1. The number of halogens is 1. The number of benzene rings is 1. The number of furan rings is 1. The molecule has 1 saturated heterocycles. The number of thiazole rings is 1. The highest BCUT2D eigenvalue weighted by atomic mass is 35.5. The largest absolute Gasteiger partial charge is 0.492 e. The van der Waals surface area contributed by atoms with Crippen molar-refractivity contribution in [1.29, 1.82) is 0 Å². The number of hydrogen-bond acceptors (Lipinski definition) is 9. The zero-order valence-corrected chi connectivity index (χ0v) is 19.7. The van der Waals surface area contributed by atoms with Crippen LogP contribution in [0, 0.1) is 10.1 Å². The molecular formula is C21H25ClN4O6S. The number of hydrogen-bond donors (Lipinski definition) is 0. The Morgan fingerprint density at radius 2 is 2.09 bits per heavy atom. The maximum atomic E-state index is 13.3. The third kappa shape index (κ3) is 5.80. The molecule has 0 atom stereocenters. The fraction of sp³-hybridized carbons (Fsp3) is 0.429. The van der Waals surface area contributed by atoms with Crippen LogP contribution < -0.4 is 9.64 Å². The number of para-hydroxylation sites is 1. The number of aromatic nitrogens is 1. The van der Waals surface area contributed by atoms with Gasteiger partial charge in [0, 0.05) is 26.2 Å². The molecule has 1 aliphatic heterocycles. The van der Waals surface area contributed by atoms with E-state index in [4.69, 9.17) is 13.9 Å². The summed E-state index contributed by atoms with van der Waals surface area (Å²) < 4.78 is 17.1. The van der Waals surface area contributed by atoms with E-state index in [0.29, 0.717) is 49.2 Å². The zero-order valence-electron chi connectivity index (χ0n) is 18.1. The highest BCUT2D eigenvalue weighted by molar-refractivity contribution is 7.22. The average molecular weight is 497 g/mol. The fourth-order valence-corrected chi connectivity index (χ4v) is 4.54. The van der Waals surface area contributed by atoms with Crippen LogP contribution in [0.4, 0.5) is 11.0 Å². The number of morpholine rings is 1. The van der Waals surface area contributed by atoms with Crippen LogP contribution in [0.5, 0.6) is 5.75 Å². The van der Waals surface area contributed by atoms with Crippen molar-refractivity contribution >= 4 is 50.9 Å². The lowest BCUT2D eigenvalue weighted by atomic mass is 10.3. The summed E-state index contributed by atoms with van der Waals surface area (Å²) >= 11 is 1.37. The molecule has 33 heavy (non-hydrogen) atoms. The minimum atomic E-state index is -0.661. The average Bonchev–Trinajstić information content (AvgIpc) is 3.45. The standard InChI is InChI=1S/C21H24N4O6S.ClH/c1-2-30-15-5-3-6-17-19(15)22-21(32-17)24(10-4-9-23-11-13-29-14-12-23)20(26)16-7-8-18(31-16)25(27)28;/h3,5-8H,2,4,9-14H2,1H3;1H. The first-order valence-electron chi connectivity index (χ1n) is 10.5. The molecule has 3 aromatic rings. The van der Waals surface area contributed by atoms with Crippen molar-refractivity contribution in [3.05, 3.63) is 46.2 Å². The Bertz CT molecular complexity index is 1100. The Morgan fingerprint density at radius 3 is 2.79 bits per heavy atom. The van der Waals surface area contributed by atoms with E-state index in [1.165, 1.54) is 28.4 Å². The van der Waals surface area contributed by atoms with E-state index in [0.717, 1.165) is 24.3 Å². The summed E-state index contributed by atoms with van der Waals surface area (Å²) in [4.78, 5) is 32.1. The Morgan fingerprint density at radius 1 is 1.30 bits per heavy atom. The van der Waals surface area contributed by atoms with Gasteiger partial charge < -0.3 is 13.9 Å². The van der Waals surface area contributed by atoms with Gasteiger partial charge in [-0.3, -0.25) is 24.7 Å². The molecule has 0 bridgehead atoms. The van der Waals surface area contributed by atoms with Crippen molar-refractivity contribution in [3.63, 3.8) is 0 Å². The highest BCUT2D eigenvalue weighted by Crippen LogP contribution is 2.35. The molecule has 1 aliphatic rings. The molecule has 178 valence electrons. The summed E-state index contributed by atoms with van der Waals surface area (Å²) in [7, 11) is 0. The van der Waals surface area contributed by atoms with E-state index in [1.54, 1.807) is 0 Å². The Labute approximate surface area is 200 Å². The third-order valence-electron chi connectivity index (χ3n) is 5.09. The van der Waals surface area contributed by atoms with Crippen LogP contribution in [-0.4, -0.2) is 66.7 Å². The Hall–Kier alpha value is -2.73. The first-order valence-corrected chi connectivity index (χ1v) is 11.3. The molecular weight excluding hydrogens is 472 g/mol. The molecule has 4 rings (SSSR count). The lowest BCUT2D eigenvalue weighted by Crippen LogP contribution is -2.39. The van der Waals surface area contributed by atoms with Gasteiger partial charge in [-0.05, 0) is 31.5 Å². The van der Waals surface area contributed by atoms with E-state index in [-0.39, 0.29) is 18.2 Å². The smallest absolute Gasteiger partial charge is 0.433 e. The third-order valence-corrected chi connectivity index (χ3v) is 6.13. The van der Waals surface area contributed by atoms with E-state index < -0.39 is 16.7 Å². The molecule has 3 heterocycles. The second-order valence-corrected chi connectivity index (χ2v) is 8.20. The summed E-state index contributed by atoms with van der Waals surface area (Å²) in [6, 6.07) is 8.16. The highest BCUT2D eigenvalue weighted by Gasteiger charge is 2.26. The van der Waals surface area contributed by atoms with E-state index in [1.807, 2.05) is 25.1 Å². The Kier molecular flexibility index (Phi) is 8.61. The lowest BCUT2D eigenvalue weighted by Gasteiger charge is -2.27. The van der Waals surface area contributed by atoms with Crippen LogP contribution in [0.1, 0.15) is 23.9 Å². The van der Waals surface area contributed by atoms with Crippen molar-refractivity contribution in [1.82, 2.24) is 9.88 Å². The lowest BCUT2D eigenvalue weighted by molar-refractivity contribution is -0.402. The summed E-state index contributed by atoms with van der Waals surface area (Å²) in [6.45, 7) is 6.73. The van der Waals surface area contributed by atoms with Crippen LogP contribution in [-0.2, 0) is 4.74 Å². The van der Waals surface area contributed by atoms with Crippen molar-refractivity contribution in [2.24, 2.45) is 0 Å². The number of nitrogens with zero attached hydrogens (tertiary/aromatic N) is 4. The number of ether oxygens (including phenoxy) is 2. The van der Waals surface area contributed by atoms with Gasteiger partial charge in [0.05, 0.1) is 30.6 Å². The molecule has 0 N–H and O–H groups in total. The molecule has 0 aliphatic carbocycles. The van der Waals surface area contributed by atoms with Crippen LogP contribution >= 0.6 is 23.7 Å². The molecule has 1 amide bonds. The van der Waals surface area contributed by atoms with Gasteiger partial charge in [0.1, 0.15) is 16.2 Å². The van der Waals surface area contributed by atoms with E-state index in [9.17, 15) is 14.9 Å². The van der Waals surface area contributed by atoms with Gasteiger partial charge in [0.15, 0.2) is 10.9 Å². The second kappa shape index (κ2) is 11.4. The number of carbonyl (C=O) groups is 1. The molecule has 0 saturated carbocycles. The normalized spacial score (nSPS) is 14.1. The van der Waals surface area contributed by atoms with Crippen LogP contribution in [0.2, 0.25) is 0 Å². The first-order chi connectivity index (χ1) is 15.6. The van der Waals surface area contributed by atoms with Gasteiger partial charge in [0.25, 0.3) is 5.91 Å². The number of carbonyl (C=O) groups excluding carboxylic acids is 1. The molecule has 2 aromatic heterocycles. The molecule has 10 nitrogen and oxygen atoms in total. The van der Waals surface area contributed by atoms with Crippen LogP contribution in [0.15, 0.2) is 34.7 Å². The predicted octanol–water partition coefficient (Wildman–Crippen LogP) is 3.99. The van der Waals surface area contributed by atoms with Crippen molar-refractivity contribution in [2.45, 2.75) is 13.3 Å². The van der Waals surface area contributed by atoms with Crippen molar-refractivity contribution < 1.29 is 23.6 Å². The summed E-state index contributed by atoms with van der Waals surface area (Å²) in [5.74, 6) is -0.365. The number of nitro groups is 1. The van der Waals surface area contributed by atoms with Gasteiger partial charge in [0.2, 0.25) is 0 Å². The van der Waals surface area contributed by atoms with Gasteiger partial charge in [-0.25, -0.2) is 4.98 Å².